The number of pyridine rings is 1. The second kappa shape index (κ2) is 9.92. The van der Waals surface area contributed by atoms with Crippen LogP contribution in [0.2, 0.25) is 0 Å². The first-order valence-electron chi connectivity index (χ1n) is 11.0. The summed E-state index contributed by atoms with van der Waals surface area (Å²) >= 11 is 0. The zero-order valence-corrected chi connectivity index (χ0v) is 17.5. The Balaban J connectivity index is 1.38. The molecule has 2 aromatic rings. The van der Waals surface area contributed by atoms with E-state index in [1.807, 2.05) is 11.0 Å². The van der Waals surface area contributed by atoms with E-state index in [-0.39, 0.29) is 12.0 Å². The number of hydrogen-bond donors (Lipinski definition) is 2. The van der Waals surface area contributed by atoms with Gasteiger partial charge in [0, 0.05) is 25.5 Å². The Kier molecular flexibility index (Phi) is 6.82. The van der Waals surface area contributed by atoms with Crippen LogP contribution in [0, 0.1) is 11.8 Å². The standard InChI is InChI=1S/C24H29N3O4/c28-23(26-30)22-16-20(31-19-8-12-25-13-9-19)6-7-21(22)24(29)27-14-10-18(11-15-27)17-4-2-1-3-5-17/h1-5,8-9,12-13,18,20-22,30H,6-7,10-11,14-16H2,(H,26,28)/t20-,21-,22-/m1/s1. The lowest BCUT2D eigenvalue weighted by Gasteiger charge is -2.39. The maximum Gasteiger partial charge on any atom is 0.247 e. The molecule has 0 spiro atoms. The van der Waals surface area contributed by atoms with E-state index in [0.717, 1.165) is 12.8 Å². The molecule has 1 aliphatic heterocycles. The number of likely N-dealkylation sites (tertiary alicyclic amines) is 1. The third kappa shape index (κ3) is 5.05. The van der Waals surface area contributed by atoms with Crippen molar-refractivity contribution in [2.24, 2.45) is 11.8 Å². The summed E-state index contributed by atoms with van der Waals surface area (Å²) < 4.78 is 5.99. The Bertz CT molecular complexity index is 869. The molecule has 7 nitrogen and oxygen atoms in total. The maximum absolute atomic E-state index is 13.3. The monoisotopic (exact) mass is 423 g/mol. The van der Waals surface area contributed by atoms with E-state index in [9.17, 15) is 14.8 Å². The molecule has 1 aliphatic carbocycles. The Hall–Kier alpha value is -2.93. The van der Waals surface area contributed by atoms with Gasteiger partial charge in [0.15, 0.2) is 0 Å². The van der Waals surface area contributed by atoms with Gasteiger partial charge < -0.3 is 9.64 Å². The fraction of sp³-hybridized carbons (Fsp3) is 0.458. The van der Waals surface area contributed by atoms with Crippen LogP contribution in [0.5, 0.6) is 5.75 Å². The van der Waals surface area contributed by atoms with Gasteiger partial charge in [-0.05, 0) is 55.7 Å². The van der Waals surface area contributed by atoms with Crippen LogP contribution in [0.25, 0.3) is 0 Å². The summed E-state index contributed by atoms with van der Waals surface area (Å²) in [6.07, 6.45) is 6.62. The van der Waals surface area contributed by atoms with Crippen LogP contribution in [0.4, 0.5) is 0 Å². The van der Waals surface area contributed by atoms with Gasteiger partial charge in [-0.25, -0.2) is 5.48 Å². The molecular formula is C24H29N3O4. The Morgan fingerprint density at radius 1 is 0.968 bits per heavy atom. The molecule has 0 bridgehead atoms. The second-order valence-corrected chi connectivity index (χ2v) is 8.44. The zero-order chi connectivity index (χ0) is 21.6. The van der Waals surface area contributed by atoms with Gasteiger partial charge in [-0.2, -0.15) is 0 Å². The summed E-state index contributed by atoms with van der Waals surface area (Å²) in [6, 6.07) is 14.0. The molecule has 0 unspecified atom stereocenters. The second-order valence-electron chi connectivity index (χ2n) is 8.44. The van der Waals surface area contributed by atoms with E-state index < -0.39 is 17.7 Å². The molecule has 0 radical (unpaired) electrons. The molecule has 7 heteroatoms. The van der Waals surface area contributed by atoms with Crippen molar-refractivity contribution in [3.63, 3.8) is 0 Å². The molecule has 1 saturated heterocycles. The molecule has 4 rings (SSSR count). The van der Waals surface area contributed by atoms with Gasteiger partial charge in [0.25, 0.3) is 0 Å². The molecule has 2 N–H and O–H groups in total. The predicted octanol–water partition coefficient (Wildman–Crippen LogP) is 3.16. The van der Waals surface area contributed by atoms with Crippen LogP contribution in [-0.2, 0) is 9.59 Å². The van der Waals surface area contributed by atoms with Crippen molar-refractivity contribution >= 4 is 11.8 Å². The van der Waals surface area contributed by atoms with Crippen molar-refractivity contribution in [3.05, 3.63) is 60.4 Å². The molecule has 3 atom stereocenters. The van der Waals surface area contributed by atoms with Crippen molar-refractivity contribution in [1.29, 1.82) is 0 Å². The summed E-state index contributed by atoms with van der Waals surface area (Å²) in [7, 11) is 0. The van der Waals surface area contributed by atoms with Crippen LogP contribution >= 0.6 is 0 Å². The van der Waals surface area contributed by atoms with E-state index in [1.165, 1.54) is 5.56 Å². The first-order chi connectivity index (χ1) is 15.2. The van der Waals surface area contributed by atoms with Crippen LogP contribution in [0.1, 0.15) is 43.6 Å². The van der Waals surface area contributed by atoms with Gasteiger partial charge in [-0.3, -0.25) is 19.8 Å². The number of carbonyl (C=O) groups is 2. The highest BCUT2D eigenvalue weighted by Crippen LogP contribution is 2.36. The van der Waals surface area contributed by atoms with Gasteiger partial charge >= 0.3 is 0 Å². The molecule has 1 aromatic heterocycles. The van der Waals surface area contributed by atoms with Crippen molar-refractivity contribution in [1.82, 2.24) is 15.4 Å². The predicted molar refractivity (Wildman–Crippen MR) is 114 cm³/mol. The highest BCUT2D eigenvalue weighted by Gasteiger charge is 2.42. The van der Waals surface area contributed by atoms with Gasteiger partial charge in [0.05, 0.1) is 17.9 Å². The average Bonchev–Trinajstić information content (AvgIpc) is 2.84. The molecule has 2 heterocycles. The molecule has 31 heavy (non-hydrogen) atoms. The minimum atomic E-state index is -0.607. The minimum absolute atomic E-state index is 0.0162. The van der Waals surface area contributed by atoms with Crippen LogP contribution in [0.15, 0.2) is 54.9 Å². The fourth-order valence-corrected chi connectivity index (χ4v) is 4.91. The zero-order valence-electron chi connectivity index (χ0n) is 17.5. The number of piperidine rings is 1. The summed E-state index contributed by atoms with van der Waals surface area (Å²) in [5, 5.41) is 9.26. The number of amides is 2. The van der Waals surface area contributed by atoms with Crippen molar-refractivity contribution in [2.75, 3.05) is 13.1 Å². The molecule has 2 aliphatic rings. The van der Waals surface area contributed by atoms with E-state index in [4.69, 9.17) is 4.74 Å². The van der Waals surface area contributed by atoms with E-state index >= 15 is 0 Å². The van der Waals surface area contributed by atoms with Gasteiger partial charge in [0.1, 0.15) is 5.75 Å². The minimum Gasteiger partial charge on any atom is -0.490 e. The first kappa shape index (κ1) is 21.3. The van der Waals surface area contributed by atoms with Gasteiger partial charge in [-0.1, -0.05) is 30.3 Å². The lowest BCUT2D eigenvalue weighted by molar-refractivity contribution is -0.149. The van der Waals surface area contributed by atoms with E-state index in [0.29, 0.717) is 44.0 Å². The maximum atomic E-state index is 13.3. The summed E-state index contributed by atoms with van der Waals surface area (Å²) in [5.74, 6) is -0.382. The van der Waals surface area contributed by atoms with Gasteiger partial charge in [-0.15, -0.1) is 0 Å². The number of benzene rings is 1. The smallest absolute Gasteiger partial charge is 0.247 e. The number of nitrogens with one attached hydrogen (secondary N) is 1. The highest BCUT2D eigenvalue weighted by atomic mass is 16.5. The van der Waals surface area contributed by atoms with E-state index in [1.54, 1.807) is 30.0 Å². The number of aromatic nitrogens is 1. The number of hydroxylamine groups is 1. The normalized spacial score (nSPS) is 24.4. The number of nitrogens with zero attached hydrogens (tertiary/aromatic N) is 2. The number of hydrogen-bond acceptors (Lipinski definition) is 5. The topological polar surface area (TPSA) is 91.8 Å². The quantitative estimate of drug-likeness (QED) is 0.569. The number of ether oxygens (including phenoxy) is 1. The molecule has 2 amide bonds. The third-order valence-corrected chi connectivity index (χ3v) is 6.60. The van der Waals surface area contributed by atoms with Crippen molar-refractivity contribution in [3.8, 4) is 5.75 Å². The Morgan fingerprint density at radius 3 is 2.35 bits per heavy atom. The van der Waals surface area contributed by atoms with Crippen LogP contribution in [-0.4, -0.2) is 46.1 Å². The Labute approximate surface area is 182 Å². The van der Waals surface area contributed by atoms with Crippen LogP contribution in [0.3, 0.4) is 0 Å². The summed E-state index contributed by atoms with van der Waals surface area (Å²) in [6.45, 7) is 1.39. The van der Waals surface area contributed by atoms with E-state index in [2.05, 4.69) is 29.2 Å². The molecule has 1 saturated carbocycles. The third-order valence-electron chi connectivity index (χ3n) is 6.60. The fourth-order valence-electron chi connectivity index (χ4n) is 4.91. The van der Waals surface area contributed by atoms with Crippen molar-refractivity contribution < 1.29 is 19.5 Å². The van der Waals surface area contributed by atoms with Crippen molar-refractivity contribution in [2.45, 2.75) is 44.1 Å². The largest absolute Gasteiger partial charge is 0.490 e. The molecule has 1 aromatic carbocycles. The van der Waals surface area contributed by atoms with Crippen LogP contribution < -0.4 is 10.2 Å². The first-order valence-corrected chi connectivity index (χ1v) is 11.0. The summed E-state index contributed by atoms with van der Waals surface area (Å²) in [5.41, 5.74) is 3.08. The SMILES string of the molecule is O=C(NO)[C@@H]1C[C@H](Oc2ccncc2)CC[C@H]1C(=O)N1CCC(c2ccccc2)CC1. The average molecular weight is 424 g/mol. The lowest BCUT2D eigenvalue weighted by atomic mass is 9.76. The summed E-state index contributed by atoms with van der Waals surface area (Å²) in [4.78, 5) is 31.6. The molecular weight excluding hydrogens is 394 g/mol. The lowest BCUT2D eigenvalue weighted by Crippen LogP contribution is -2.49. The van der Waals surface area contributed by atoms with Gasteiger partial charge in [0.2, 0.25) is 11.8 Å². The highest BCUT2D eigenvalue weighted by molar-refractivity contribution is 5.87. The number of rotatable bonds is 5. The molecule has 2 fully saturated rings. The molecule has 164 valence electrons. The number of carbonyl (C=O) groups excluding carboxylic acids is 2. The Morgan fingerprint density at radius 2 is 1.68 bits per heavy atom.